The third-order valence-electron chi connectivity index (χ3n) is 4.83. The number of nitrogens with one attached hydrogen (secondary N) is 3. The van der Waals surface area contributed by atoms with Crippen LogP contribution in [0.1, 0.15) is 21.6 Å². The van der Waals surface area contributed by atoms with Gasteiger partial charge < -0.3 is 21.4 Å². The Bertz CT molecular complexity index is 969. The molecule has 2 aliphatic heterocycles. The lowest BCUT2D eigenvalue weighted by Gasteiger charge is -2.26. The van der Waals surface area contributed by atoms with Crippen molar-refractivity contribution in [3.05, 3.63) is 47.3 Å². The molecule has 1 aromatic heterocycles. The Morgan fingerprint density at radius 3 is 2.86 bits per heavy atom. The zero-order chi connectivity index (χ0) is 19.5. The highest BCUT2D eigenvalue weighted by Gasteiger charge is 2.17. The number of piperazine rings is 1. The lowest BCUT2D eigenvalue weighted by atomic mass is 10.0. The molecule has 5 N–H and O–H groups in total. The minimum Gasteiger partial charge on any atom is -0.361 e. The van der Waals surface area contributed by atoms with Crippen molar-refractivity contribution in [1.29, 1.82) is 0 Å². The molecule has 8 heteroatoms. The van der Waals surface area contributed by atoms with Gasteiger partial charge in [0.2, 0.25) is 0 Å². The highest BCUT2D eigenvalue weighted by atomic mass is 16.2. The van der Waals surface area contributed by atoms with Crippen molar-refractivity contribution in [3.8, 4) is 0 Å². The molecule has 4 rings (SSSR count). The quantitative estimate of drug-likeness (QED) is 0.594. The molecule has 0 bridgehead atoms. The summed E-state index contributed by atoms with van der Waals surface area (Å²) in [6, 6.07) is 6.66. The molecule has 0 unspecified atom stereocenters. The fraction of sp³-hybridized carbons (Fsp3) is 0.250. The van der Waals surface area contributed by atoms with Crippen molar-refractivity contribution in [2.24, 2.45) is 10.7 Å². The van der Waals surface area contributed by atoms with E-state index in [2.05, 4.69) is 25.5 Å². The number of urea groups is 1. The Kier molecular flexibility index (Phi) is 5.05. The van der Waals surface area contributed by atoms with Gasteiger partial charge >= 0.3 is 6.03 Å². The van der Waals surface area contributed by atoms with Crippen LogP contribution in [0.3, 0.4) is 0 Å². The molecule has 2 aliphatic rings. The summed E-state index contributed by atoms with van der Waals surface area (Å²) in [4.78, 5) is 33.3. The van der Waals surface area contributed by atoms with E-state index >= 15 is 0 Å². The van der Waals surface area contributed by atoms with Crippen molar-refractivity contribution >= 4 is 41.1 Å². The molecule has 2 aromatic rings. The smallest absolute Gasteiger partial charge is 0.316 e. The minimum absolute atomic E-state index is 0.108. The first-order chi connectivity index (χ1) is 13.6. The second-order valence-corrected chi connectivity index (χ2v) is 6.87. The van der Waals surface area contributed by atoms with Crippen LogP contribution in [0.4, 0.5) is 16.2 Å². The molecule has 144 valence electrons. The van der Waals surface area contributed by atoms with E-state index in [0.717, 1.165) is 48.7 Å². The molecule has 0 atom stereocenters. The average Bonchev–Trinajstić information content (AvgIpc) is 3.30. The van der Waals surface area contributed by atoms with Gasteiger partial charge in [-0.05, 0) is 30.3 Å². The molecule has 8 nitrogen and oxygen atoms in total. The molecular weight excluding hydrogens is 356 g/mol. The number of anilines is 1. The monoisotopic (exact) mass is 378 g/mol. The van der Waals surface area contributed by atoms with Gasteiger partial charge in [0.15, 0.2) is 5.78 Å². The second-order valence-electron chi connectivity index (χ2n) is 6.87. The van der Waals surface area contributed by atoms with Gasteiger partial charge in [0.1, 0.15) is 0 Å². The number of H-pyrrole nitrogens is 1. The largest absolute Gasteiger partial charge is 0.361 e. The fourth-order valence-electron chi connectivity index (χ4n) is 3.41. The van der Waals surface area contributed by atoms with E-state index in [1.165, 1.54) is 0 Å². The maximum absolute atomic E-state index is 12.5. The van der Waals surface area contributed by atoms with Crippen molar-refractivity contribution < 1.29 is 9.59 Å². The molecule has 0 radical (unpaired) electrons. The van der Waals surface area contributed by atoms with Gasteiger partial charge in [-0.15, -0.1) is 0 Å². The standard InChI is InChI=1S/C20H22N6O2/c21-20(28)25-15-1-2-18-17(9-15)13(10-24-18)7-16-8-14(11-23-16)19(27)12-26-5-3-22-4-6-26/h1-2,7-11,22-23H,3-6,12H2,(H3,21,25,28). The molecular formula is C20H22N6O2. The van der Waals surface area contributed by atoms with Crippen LogP contribution >= 0.6 is 0 Å². The van der Waals surface area contributed by atoms with Gasteiger partial charge in [0, 0.05) is 66.7 Å². The van der Waals surface area contributed by atoms with Gasteiger partial charge in [0.25, 0.3) is 0 Å². The molecule has 1 saturated heterocycles. The first kappa shape index (κ1) is 18.1. The molecule has 1 aromatic carbocycles. The summed E-state index contributed by atoms with van der Waals surface area (Å²) >= 11 is 0. The van der Waals surface area contributed by atoms with E-state index in [1.54, 1.807) is 18.5 Å². The third kappa shape index (κ3) is 4.03. The second kappa shape index (κ2) is 7.79. The van der Waals surface area contributed by atoms with E-state index in [0.29, 0.717) is 17.8 Å². The first-order valence-corrected chi connectivity index (χ1v) is 9.20. The number of hydrogen-bond donors (Lipinski definition) is 4. The number of allylic oxidation sites excluding steroid dienone is 1. The number of hydrogen-bond acceptors (Lipinski definition) is 5. The summed E-state index contributed by atoms with van der Waals surface area (Å²) in [6.07, 6.45) is 5.45. The number of nitrogens with two attached hydrogens (primary N) is 1. The summed E-state index contributed by atoms with van der Waals surface area (Å²) in [5.41, 5.74) is 9.91. The van der Waals surface area contributed by atoms with Crippen LogP contribution in [0.15, 0.2) is 35.5 Å². The normalized spacial score (nSPS) is 17.6. The fourth-order valence-corrected chi connectivity index (χ4v) is 3.41. The van der Waals surface area contributed by atoms with Crippen LogP contribution in [-0.4, -0.2) is 60.6 Å². The van der Waals surface area contributed by atoms with Gasteiger partial charge in [-0.1, -0.05) is 0 Å². The third-order valence-corrected chi connectivity index (χ3v) is 4.83. The first-order valence-electron chi connectivity index (χ1n) is 9.20. The summed E-state index contributed by atoms with van der Waals surface area (Å²) < 4.78 is 0. The summed E-state index contributed by atoms with van der Waals surface area (Å²) in [5.74, 6) is 0.108. The number of aromatic nitrogens is 1. The number of aromatic amines is 1. The number of primary amides is 1. The van der Waals surface area contributed by atoms with Gasteiger partial charge in [-0.3, -0.25) is 14.7 Å². The molecule has 0 aliphatic carbocycles. The Morgan fingerprint density at radius 1 is 1.25 bits per heavy atom. The molecule has 1 fully saturated rings. The van der Waals surface area contributed by atoms with Crippen LogP contribution in [0, 0.1) is 0 Å². The molecule has 2 amide bonds. The number of aliphatic imine (C=N–C) groups is 1. The maximum Gasteiger partial charge on any atom is 0.316 e. The lowest BCUT2D eigenvalue weighted by Crippen LogP contribution is -2.45. The van der Waals surface area contributed by atoms with Crippen molar-refractivity contribution in [2.75, 3.05) is 38.0 Å². The van der Waals surface area contributed by atoms with Crippen LogP contribution in [-0.2, 0) is 0 Å². The van der Waals surface area contributed by atoms with Crippen molar-refractivity contribution in [3.63, 3.8) is 0 Å². The Balaban J connectivity index is 1.49. The average molecular weight is 378 g/mol. The summed E-state index contributed by atoms with van der Waals surface area (Å²) in [5, 5.41) is 5.86. The number of carbonyl (C=O) groups excluding carboxylic acids is 2. The van der Waals surface area contributed by atoms with E-state index in [4.69, 9.17) is 5.73 Å². The number of fused-ring (bicyclic) bond motifs is 1. The van der Waals surface area contributed by atoms with E-state index in [9.17, 15) is 9.59 Å². The predicted molar refractivity (Wildman–Crippen MR) is 110 cm³/mol. The van der Waals surface area contributed by atoms with Crippen LogP contribution in [0.2, 0.25) is 0 Å². The summed E-state index contributed by atoms with van der Waals surface area (Å²) in [7, 11) is 0. The number of ketones is 1. The number of rotatable bonds is 5. The van der Waals surface area contributed by atoms with Crippen LogP contribution in [0.5, 0.6) is 0 Å². The number of Topliss-reactive ketones (excluding diaryl/α,β-unsaturated/α-hetero) is 1. The zero-order valence-electron chi connectivity index (χ0n) is 15.4. The number of benzene rings is 1. The van der Waals surface area contributed by atoms with Gasteiger partial charge in [-0.25, -0.2) is 4.79 Å². The molecule has 0 saturated carbocycles. The zero-order valence-corrected chi connectivity index (χ0v) is 15.4. The van der Waals surface area contributed by atoms with Crippen molar-refractivity contribution in [2.45, 2.75) is 0 Å². The van der Waals surface area contributed by atoms with Crippen LogP contribution in [0.25, 0.3) is 11.6 Å². The SMILES string of the molecule is NC(=O)Nc1ccc2c(c1)C(=Cc1cc(C(=O)CN3CCNCC3)c[nH]1)C=N2. The van der Waals surface area contributed by atoms with E-state index in [1.807, 2.05) is 24.3 Å². The molecule has 28 heavy (non-hydrogen) atoms. The van der Waals surface area contributed by atoms with E-state index < -0.39 is 6.03 Å². The van der Waals surface area contributed by atoms with Crippen molar-refractivity contribution in [1.82, 2.24) is 15.2 Å². The minimum atomic E-state index is -0.610. The van der Waals surface area contributed by atoms with Gasteiger partial charge in [0.05, 0.1) is 12.2 Å². The number of nitrogens with zero attached hydrogens (tertiary/aromatic N) is 2. The Hall–Kier alpha value is -3.23. The Morgan fingerprint density at radius 2 is 2.07 bits per heavy atom. The molecule has 3 heterocycles. The Labute approximate surface area is 162 Å². The van der Waals surface area contributed by atoms with E-state index in [-0.39, 0.29) is 5.78 Å². The maximum atomic E-state index is 12.5. The number of amides is 2. The lowest BCUT2D eigenvalue weighted by molar-refractivity contribution is 0.0921. The highest BCUT2D eigenvalue weighted by Crippen LogP contribution is 2.34. The van der Waals surface area contributed by atoms with Gasteiger partial charge in [-0.2, -0.15) is 0 Å². The van der Waals surface area contributed by atoms with Crippen LogP contribution < -0.4 is 16.4 Å². The number of carbonyl (C=O) groups is 2. The highest BCUT2D eigenvalue weighted by molar-refractivity contribution is 6.21. The summed E-state index contributed by atoms with van der Waals surface area (Å²) in [6.45, 7) is 4.05. The molecule has 0 spiro atoms. The topological polar surface area (TPSA) is 116 Å². The predicted octanol–water partition coefficient (Wildman–Crippen LogP) is 1.85.